The SMILES string of the molecule is C[C@H](c1ccccc1)n1cnnc1SCC(=O)N1CCN(C(=O)C2CC2)CC1. The molecule has 2 aromatic rings. The molecule has 28 heavy (non-hydrogen) atoms. The number of piperazine rings is 1. The Bertz CT molecular complexity index is 828. The topological polar surface area (TPSA) is 71.3 Å². The maximum atomic E-state index is 12.6. The number of rotatable bonds is 6. The van der Waals surface area contributed by atoms with E-state index in [-0.39, 0.29) is 23.8 Å². The molecular weight excluding hydrogens is 374 g/mol. The van der Waals surface area contributed by atoms with Gasteiger partial charge >= 0.3 is 0 Å². The van der Waals surface area contributed by atoms with Gasteiger partial charge in [0.05, 0.1) is 11.8 Å². The van der Waals surface area contributed by atoms with Crippen LogP contribution in [0.25, 0.3) is 0 Å². The Morgan fingerprint density at radius 2 is 1.79 bits per heavy atom. The van der Waals surface area contributed by atoms with Crippen molar-refractivity contribution in [2.75, 3.05) is 31.9 Å². The molecule has 1 atom stereocenters. The molecule has 1 aromatic heterocycles. The van der Waals surface area contributed by atoms with E-state index in [0.29, 0.717) is 31.9 Å². The highest BCUT2D eigenvalue weighted by Gasteiger charge is 2.35. The van der Waals surface area contributed by atoms with E-state index >= 15 is 0 Å². The largest absolute Gasteiger partial charge is 0.339 e. The zero-order valence-electron chi connectivity index (χ0n) is 16.0. The van der Waals surface area contributed by atoms with E-state index in [4.69, 9.17) is 0 Å². The summed E-state index contributed by atoms with van der Waals surface area (Å²) in [7, 11) is 0. The van der Waals surface area contributed by atoms with Crippen molar-refractivity contribution < 1.29 is 9.59 Å². The fourth-order valence-electron chi connectivity index (χ4n) is 3.48. The molecule has 2 heterocycles. The lowest BCUT2D eigenvalue weighted by Gasteiger charge is -2.34. The van der Waals surface area contributed by atoms with Gasteiger partial charge < -0.3 is 14.4 Å². The zero-order chi connectivity index (χ0) is 19.5. The number of hydrogen-bond donors (Lipinski definition) is 0. The van der Waals surface area contributed by atoms with Crippen molar-refractivity contribution >= 4 is 23.6 Å². The minimum atomic E-state index is 0.0884. The Hall–Kier alpha value is -2.35. The number of carbonyl (C=O) groups is 2. The van der Waals surface area contributed by atoms with Gasteiger partial charge in [-0.25, -0.2) is 0 Å². The Morgan fingerprint density at radius 3 is 2.46 bits per heavy atom. The fraction of sp³-hybridized carbons (Fsp3) is 0.500. The fourth-order valence-corrected chi connectivity index (χ4v) is 4.37. The molecule has 2 fully saturated rings. The van der Waals surface area contributed by atoms with Crippen LogP contribution in [0, 0.1) is 5.92 Å². The first-order valence-corrected chi connectivity index (χ1v) is 10.8. The Kier molecular flexibility index (Phi) is 5.66. The highest BCUT2D eigenvalue weighted by Crippen LogP contribution is 2.31. The summed E-state index contributed by atoms with van der Waals surface area (Å²) < 4.78 is 2.00. The van der Waals surface area contributed by atoms with Crippen LogP contribution in [0.4, 0.5) is 0 Å². The molecule has 1 saturated carbocycles. The van der Waals surface area contributed by atoms with Gasteiger partial charge in [-0.2, -0.15) is 0 Å². The zero-order valence-corrected chi connectivity index (χ0v) is 16.8. The molecule has 1 aliphatic heterocycles. The first-order chi connectivity index (χ1) is 13.6. The normalized spacial score (nSPS) is 18.2. The highest BCUT2D eigenvalue weighted by atomic mass is 32.2. The highest BCUT2D eigenvalue weighted by molar-refractivity contribution is 7.99. The van der Waals surface area contributed by atoms with Crippen molar-refractivity contribution in [1.29, 1.82) is 0 Å². The Balaban J connectivity index is 1.30. The molecule has 0 spiro atoms. The van der Waals surface area contributed by atoms with Crippen LogP contribution in [0.3, 0.4) is 0 Å². The van der Waals surface area contributed by atoms with E-state index in [2.05, 4.69) is 29.3 Å². The Labute approximate surface area is 169 Å². The van der Waals surface area contributed by atoms with E-state index in [1.165, 1.54) is 17.3 Å². The van der Waals surface area contributed by atoms with Crippen molar-refractivity contribution in [3.8, 4) is 0 Å². The van der Waals surface area contributed by atoms with Gasteiger partial charge in [0.15, 0.2) is 5.16 Å². The summed E-state index contributed by atoms with van der Waals surface area (Å²) in [6, 6.07) is 10.3. The quantitative estimate of drug-likeness (QED) is 0.696. The van der Waals surface area contributed by atoms with Crippen LogP contribution in [-0.2, 0) is 9.59 Å². The van der Waals surface area contributed by atoms with Crippen molar-refractivity contribution in [2.24, 2.45) is 5.92 Å². The van der Waals surface area contributed by atoms with Crippen molar-refractivity contribution in [3.05, 3.63) is 42.2 Å². The minimum Gasteiger partial charge on any atom is -0.339 e. The lowest BCUT2D eigenvalue weighted by molar-refractivity contribution is -0.139. The van der Waals surface area contributed by atoms with E-state index in [1.54, 1.807) is 6.33 Å². The van der Waals surface area contributed by atoms with E-state index in [0.717, 1.165) is 18.0 Å². The van der Waals surface area contributed by atoms with Crippen LogP contribution >= 0.6 is 11.8 Å². The molecule has 1 saturated heterocycles. The summed E-state index contributed by atoms with van der Waals surface area (Å²) in [5.74, 6) is 0.933. The monoisotopic (exact) mass is 399 g/mol. The molecule has 0 unspecified atom stereocenters. The summed E-state index contributed by atoms with van der Waals surface area (Å²) in [4.78, 5) is 28.5. The average molecular weight is 400 g/mol. The second-order valence-corrected chi connectivity index (χ2v) is 8.32. The van der Waals surface area contributed by atoms with Gasteiger partial charge in [0.2, 0.25) is 11.8 Å². The lowest BCUT2D eigenvalue weighted by Crippen LogP contribution is -2.51. The third-order valence-electron chi connectivity index (χ3n) is 5.43. The minimum absolute atomic E-state index is 0.0884. The number of nitrogens with zero attached hydrogens (tertiary/aromatic N) is 5. The number of benzene rings is 1. The summed E-state index contributed by atoms with van der Waals surface area (Å²) in [6.07, 6.45) is 3.76. The van der Waals surface area contributed by atoms with Crippen LogP contribution < -0.4 is 0 Å². The predicted octanol–water partition coefficient (Wildman–Crippen LogP) is 2.06. The molecule has 0 N–H and O–H groups in total. The summed E-state index contributed by atoms with van der Waals surface area (Å²) in [5, 5.41) is 8.97. The maximum absolute atomic E-state index is 12.6. The molecule has 0 radical (unpaired) electrons. The maximum Gasteiger partial charge on any atom is 0.233 e. The van der Waals surface area contributed by atoms with Crippen LogP contribution in [0.1, 0.15) is 31.4 Å². The van der Waals surface area contributed by atoms with Crippen molar-refractivity contribution in [3.63, 3.8) is 0 Å². The molecule has 1 aromatic carbocycles. The van der Waals surface area contributed by atoms with Gasteiger partial charge in [-0.15, -0.1) is 10.2 Å². The molecule has 8 heteroatoms. The number of carbonyl (C=O) groups excluding carboxylic acids is 2. The van der Waals surface area contributed by atoms with Crippen LogP contribution in [-0.4, -0.2) is 68.3 Å². The molecule has 2 amide bonds. The molecule has 0 bridgehead atoms. The second kappa shape index (κ2) is 8.34. The van der Waals surface area contributed by atoms with E-state index in [9.17, 15) is 9.59 Å². The lowest BCUT2D eigenvalue weighted by atomic mass is 10.1. The summed E-state index contributed by atoms with van der Waals surface area (Å²) in [5.41, 5.74) is 1.17. The molecule has 148 valence electrons. The molecule has 2 aliphatic rings. The molecule has 7 nitrogen and oxygen atoms in total. The third kappa shape index (κ3) is 4.22. The number of hydrogen-bond acceptors (Lipinski definition) is 5. The van der Waals surface area contributed by atoms with Gasteiger partial charge in [-0.1, -0.05) is 42.1 Å². The molecular formula is C20H25N5O2S. The standard InChI is InChI=1S/C20H25N5O2S/c1-15(16-5-3-2-4-6-16)25-14-21-22-20(25)28-13-18(26)23-9-11-24(12-10-23)19(27)17-7-8-17/h2-6,14-15,17H,7-13H2,1H3/t15-/m1/s1. The molecule has 1 aliphatic carbocycles. The molecule has 4 rings (SSSR count). The van der Waals surface area contributed by atoms with Gasteiger partial charge in [-0.3, -0.25) is 9.59 Å². The first-order valence-electron chi connectivity index (χ1n) is 9.77. The number of amides is 2. The number of aromatic nitrogens is 3. The van der Waals surface area contributed by atoms with Crippen LogP contribution in [0.15, 0.2) is 41.8 Å². The van der Waals surface area contributed by atoms with Crippen LogP contribution in [0.2, 0.25) is 0 Å². The second-order valence-electron chi connectivity index (χ2n) is 7.38. The van der Waals surface area contributed by atoms with E-state index in [1.807, 2.05) is 32.6 Å². The number of thioether (sulfide) groups is 1. The smallest absolute Gasteiger partial charge is 0.233 e. The third-order valence-corrected chi connectivity index (χ3v) is 6.38. The van der Waals surface area contributed by atoms with Crippen molar-refractivity contribution in [1.82, 2.24) is 24.6 Å². The predicted molar refractivity (Wildman–Crippen MR) is 107 cm³/mol. The summed E-state index contributed by atoms with van der Waals surface area (Å²) in [6.45, 7) is 4.62. The summed E-state index contributed by atoms with van der Waals surface area (Å²) >= 11 is 1.42. The van der Waals surface area contributed by atoms with E-state index < -0.39 is 0 Å². The Morgan fingerprint density at radius 1 is 1.11 bits per heavy atom. The van der Waals surface area contributed by atoms with Gasteiger partial charge in [0.25, 0.3) is 0 Å². The van der Waals surface area contributed by atoms with Gasteiger partial charge in [-0.05, 0) is 25.3 Å². The van der Waals surface area contributed by atoms with Crippen molar-refractivity contribution in [2.45, 2.75) is 31.0 Å². The first kappa shape index (κ1) is 19.0. The van der Waals surface area contributed by atoms with Gasteiger partial charge in [0, 0.05) is 32.1 Å². The van der Waals surface area contributed by atoms with Crippen LogP contribution in [0.5, 0.6) is 0 Å². The van der Waals surface area contributed by atoms with Gasteiger partial charge in [0.1, 0.15) is 6.33 Å². The average Bonchev–Trinajstić information content (AvgIpc) is 3.49.